The Morgan fingerprint density at radius 2 is 2.08 bits per heavy atom. The van der Waals surface area contributed by atoms with Crippen molar-refractivity contribution in [3.8, 4) is 0 Å². The van der Waals surface area contributed by atoms with E-state index in [1.807, 2.05) is 11.3 Å². The summed E-state index contributed by atoms with van der Waals surface area (Å²) in [7, 11) is 0. The van der Waals surface area contributed by atoms with Crippen LogP contribution in [-0.4, -0.2) is 43.7 Å². The summed E-state index contributed by atoms with van der Waals surface area (Å²) in [6.45, 7) is 5.44. The van der Waals surface area contributed by atoms with E-state index in [4.69, 9.17) is 4.74 Å². The smallest absolute Gasteiger partial charge is 0.225 e. The fraction of sp³-hybridized carbons (Fsp3) is 0.550. The van der Waals surface area contributed by atoms with Gasteiger partial charge in [0.25, 0.3) is 0 Å². The summed E-state index contributed by atoms with van der Waals surface area (Å²) < 4.78 is 6.68. The lowest BCUT2D eigenvalue weighted by Gasteiger charge is -2.32. The molecule has 1 atom stereocenters. The minimum atomic E-state index is 0.0759. The second-order valence-electron chi connectivity index (χ2n) is 7.28. The Kier molecular flexibility index (Phi) is 5.34. The zero-order valence-electron chi connectivity index (χ0n) is 14.6. The maximum absolute atomic E-state index is 12.1. The molecule has 2 aliphatic rings. The lowest BCUT2D eigenvalue weighted by Crippen LogP contribution is -2.40. The SMILES string of the molecule is O=C(NCC1CCN(Cc2csc3ccccc23)CC1)C1CCOC1. The maximum Gasteiger partial charge on any atom is 0.225 e. The summed E-state index contributed by atoms with van der Waals surface area (Å²) in [6, 6.07) is 8.67. The Labute approximate surface area is 153 Å². The number of rotatable bonds is 5. The molecule has 2 fully saturated rings. The average molecular weight is 359 g/mol. The number of carbonyl (C=O) groups excluding carboxylic acids is 1. The van der Waals surface area contributed by atoms with Crippen LogP contribution < -0.4 is 5.32 Å². The molecule has 2 aromatic rings. The molecule has 0 bridgehead atoms. The number of hydrogen-bond acceptors (Lipinski definition) is 4. The fourth-order valence-electron chi connectivity index (χ4n) is 3.88. The molecule has 3 heterocycles. The number of ether oxygens (including phenoxy) is 1. The summed E-state index contributed by atoms with van der Waals surface area (Å²) >= 11 is 1.84. The van der Waals surface area contributed by atoms with E-state index in [-0.39, 0.29) is 11.8 Å². The van der Waals surface area contributed by atoms with E-state index in [1.54, 1.807) is 0 Å². The van der Waals surface area contributed by atoms with Crippen molar-refractivity contribution in [1.29, 1.82) is 0 Å². The summed E-state index contributed by atoms with van der Waals surface area (Å²) in [6.07, 6.45) is 3.21. The van der Waals surface area contributed by atoms with Crippen LogP contribution >= 0.6 is 11.3 Å². The fourth-order valence-corrected chi connectivity index (χ4v) is 4.83. The first kappa shape index (κ1) is 17.0. The Hall–Kier alpha value is -1.43. The second-order valence-corrected chi connectivity index (χ2v) is 8.19. The van der Waals surface area contributed by atoms with Crippen LogP contribution in [0.3, 0.4) is 0 Å². The van der Waals surface area contributed by atoms with Crippen LogP contribution in [0.1, 0.15) is 24.8 Å². The molecule has 1 aromatic heterocycles. The number of benzene rings is 1. The van der Waals surface area contributed by atoms with Crippen molar-refractivity contribution < 1.29 is 9.53 Å². The van der Waals surface area contributed by atoms with Crippen LogP contribution in [0.15, 0.2) is 29.6 Å². The van der Waals surface area contributed by atoms with Gasteiger partial charge in [-0.15, -0.1) is 11.3 Å². The molecule has 134 valence electrons. The van der Waals surface area contributed by atoms with Gasteiger partial charge in [-0.25, -0.2) is 0 Å². The van der Waals surface area contributed by atoms with Crippen molar-refractivity contribution in [2.24, 2.45) is 11.8 Å². The lowest BCUT2D eigenvalue weighted by atomic mass is 9.96. The first-order valence-electron chi connectivity index (χ1n) is 9.32. The van der Waals surface area contributed by atoms with Gasteiger partial charge in [0.2, 0.25) is 5.91 Å². The summed E-state index contributed by atoms with van der Waals surface area (Å²) in [5.74, 6) is 0.873. The van der Waals surface area contributed by atoms with Crippen molar-refractivity contribution in [3.05, 3.63) is 35.2 Å². The number of piperidine rings is 1. The molecule has 2 saturated heterocycles. The van der Waals surface area contributed by atoms with Crippen molar-refractivity contribution in [1.82, 2.24) is 10.2 Å². The van der Waals surface area contributed by atoms with Crippen LogP contribution in [0.5, 0.6) is 0 Å². The van der Waals surface area contributed by atoms with Gasteiger partial charge < -0.3 is 10.1 Å². The summed E-state index contributed by atoms with van der Waals surface area (Å²) in [5, 5.41) is 6.85. The number of amides is 1. The van der Waals surface area contributed by atoms with E-state index in [1.165, 1.54) is 28.5 Å². The van der Waals surface area contributed by atoms with Gasteiger partial charge in [-0.2, -0.15) is 0 Å². The number of hydrogen-bond donors (Lipinski definition) is 1. The largest absolute Gasteiger partial charge is 0.381 e. The molecule has 4 rings (SSSR count). The van der Waals surface area contributed by atoms with E-state index in [9.17, 15) is 4.79 Å². The Morgan fingerprint density at radius 1 is 1.24 bits per heavy atom. The number of nitrogens with one attached hydrogen (secondary N) is 1. The predicted octanol–water partition coefficient (Wildman–Crippen LogP) is 3.27. The molecular weight excluding hydrogens is 332 g/mol. The van der Waals surface area contributed by atoms with Gasteiger partial charge in [-0.05, 0) is 60.7 Å². The summed E-state index contributed by atoms with van der Waals surface area (Å²) in [5.41, 5.74) is 1.45. The zero-order chi connectivity index (χ0) is 17.1. The zero-order valence-corrected chi connectivity index (χ0v) is 15.4. The first-order chi connectivity index (χ1) is 12.3. The minimum Gasteiger partial charge on any atom is -0.381 e. The molecule has 25 heavy (non-hydrogen) atoms. The normalized spacial score (nSPS) is 22.5. The molecular formula is C20H26N2O2S. The van der Waals surface area contributed by atoms with Gasteiger partial charge in [0.05, 0.1) is 12.5 Å². The second kappa shape index (κ2) is 7.85. The summed E-state index contributed by atoms with van der Waals surface area (Å²) in [4.78, 5) is 14.6. The Balaban J connectivity index is 1.23. The third-order valence-electron chi connectivity index (χ3n) is 5.53. The highest BCUT2D eigenvalue weighted by molar-refractivity contribution is 7.17. The van der Waals surface area contributed by atoms with E-state index in [0.717, 1.165) is 39.2 Å². The molecule has 1 aromatic carbocycles. The number of fused-ring (bicyclic) bond motifs is 1. The van der Waals surface area contributed by atoms with Crippen molar-refractivity contribution >= 4 is 27.3 Å². The Morgan fingerprint density at radius 3 is 2.88 bits per heavy atom. The highest BCUT2D eigenvalue weighted by Crippen LogP contribution is 2.28. The molecule has 0 spiro atoms. The van der Waals surface area contributed by atoms with E-state index >= 15 is 0 Å². The van der Waals surface area contributed by atoms with Gasteiger partial charge in [0, 0.05) is 24.4 Å². The highest BCUT2D eigenvalue weighted by atomic mass is 32.1. The molecule has 1 unspecified atom stereocenters. The van der Waals surface area contributed by atoms with Crippen LogP contribution in [-0.2, 0) is 16.1 Å². The van der Waals surface area contributed by atoms with Crippen LogP contribution in [0.2, 0.25) is 0 Å². The lowest BCUT2D eigenvalue weighted by molar-refractivity contribution is -0.125. The highest BCUT2D eigenvalue weighted by Gasteiger charge is 2.25. The molecule has 0 radical (unpaired) electrons. The van der Waals surface area contributed by atoms with Crippen molar-refractivity contribution in [2.45, 2.75) is 25.8 Å². The Bertz CT molecular complexity index is 715. The third-order valence-corrected chi connectivity index (χ3v) is 6.54. The van der Waals surface area contributed by atoms with Crippen LogP contribution in [0, 0.1) is 11.8 Å². The third kappa shape index (κ3) is 4.05. The molecule has 1 amide bonds. The molecule has 5 heteroatoms. The minimum absolute atomic E-state index is 0.0759. The van der Waals surface area contributed by atoms with E-state index in [0.29, 0.717) is 12.5 Å². The van der Waals surface area contributed by atoms with Gasteiger partial charge in [0.15, 0.2) is 0 Å². The number of thiophene rings is 1. The van der Waals surface area contributed by atoms with E-state index < -0.39 is 0 Å². The van der Waals surface area contributed by atoms with Gasteiger partial charge in [0.1, 0.15) is 0 Å². The number of nitrogens with zero attached hydrogens (tertiary/aromatic N) is 1. The van der Waals surface area contributed by atoms with Gasteiger partial charge >= 0.3 is 0 Å². The standard InChI is InChI=1S/C20H26N2O2S/c23-20(16-7-10-24-13-16)21-11-15-5-8-22(9-6-15)12-17-14-25-19-4-2-1-3-18(17)19/h1-4,14-16H,5-13H2,(H,21,23). The average Bonchev–Trinajstić information content (AvgIpc) is 3.32. The van der Waals surface area contributed by atoms with Crippen LogP contribution in [0.4, 0.5) is 0 Å². The maximum atomic E-state index is 12.1. The van der Waals surface area contributed by atoms with Gasteiger partial charge in [-0.3, -0.25) is 9.69 Å². The number of likely N-dealkylation sites (tertiary alicyclic amines) is 1. The molecule has 4 nitrogen and oxygen atoms in total. The van der Waals surface area contributed by atoms with Crippen LogP contribution in [0.25, 0.3) is 10.1 Å². The van der Waals surface area contributed by atoms with E-state index in [2.05, 4.69) is 39.9 Å². The molecule has 1 N–H and O–H groups in total. The topological polar surface area (TPSA) is 41.6 Å². The molecule has 2 aliphatic heterocycles. The first-order valence-corrected chi connectivity index (χ1v) is 10.2. The monoisotopic (exact) mass is 358 g/mol. The predicted molar refractivity (Wildman–Crippen MR) is 102 cm³/mol. The van der Waals surface area contributed by atoms with Crippen molar-refractivity contribution in [3.63, 3.8) is 0 Å². The van der Waals surface area contributed by atoms with Gasteiger partial charge in [-0.1, -0.05) is 18.2 Å². The molecule has 0 saturated carbocycles. The number of carbonyl (C=O) groups is 1. The van der Waals surface area contributed by atoms with Crippen molar-refractivity contribution in [2.75, 3.05) is 32.8 Å². The quantitative estimate of drug-likeness (QED) is 0.892. The molecule has 0 aliphatic carbocycles.